The van der Waals surface area contributed by atoms with Gasteiger partial charge >= 0.3 is 39.2 Å². The summed E-state index contributed by atoms with van der Waals surface area (Å²) < 4.78 is 89.1. The van der Waals surface area contributed by atoms with Crippen molar-refractivity contribution in [2.24, 2.45) is 29.6 Å². The molecule has 10 unspecified atom stereocenters. The molecule has 41 heavy (non-hydrogen) atoms. The largest absolute Gasteiger partial charge is 0.459 e. The van der Waals surface area contributed by atoms with E-state index in [0.717, 1.165) is 19.3 Å². The average molecular weight is 611 g/mol. The van der Waals surface area contributed by atoms with Gasteiger partial charge in [0.1, 0.15) is 31.0 Å². The molecule has 5 rings (SSSR count). The van der Waals surface area contributed by atoms with Gasteiger partial charge in [-0.15, -0.1) is 0 Å². The summed E-state index contributed by atoms with van der Waals surface area (Å²) in [6, 6.07) is 0. The molecule has 16 heteroatoms. The van der Waals surface area contributed by atoms with Gasteiger partial charge in [-0.05, 0) is 46.5 Å². The zero-order valence-corrected chi connectivity index (χ0v) is 23.3. The van der Waals surface area contributed by atoms with Crippen molar-refractivity contribution in [3.63, 3.8) is 0 Å². The Morgan fingerprint density at radius 3 is 2.39 bits per heavy atom. The molecule has 4 bridgehead atoms. The highest BCUT2D eigenvalue weighted by atomic mass is 32.2. The lowest BCUT2D eigenvalue weighted by Crippen LogP contribution is -2.48. The maximum Gasteiger partial charge on any atom is 0.405 e. The van der Waals surface area contributed by atoms with Gasteiger partial charge < -0.3 is 28.4 Å². The van der Waals surface area contributed by atoms with Crippen molar-refractivity contribution in [2.45, 2.75) is 87.8 Å². The topological polar surface area (TPSA) is 178 Å². The first-order chi connectivity index (χ1) is 19.0. The van der Waals surface area contributed by atoms with Crippen molar-refractivity contribution in [2.75, 3.05) is 13.2 Å². The third-order valence-corrected chi connectivity index (χ3v) is 10.0. The van der Waals surface area contributed by atoms with Gasteiger partial charge in [-0.2, -0.15) is 17.2 Å². The molecule has 3 aliphatic heterocycles. The maximum atomic E-state index is 13.5. The summed E-state index contributed by atoms with van der Waals surface area (Å²) >= 11 is 0. The van der Waals surface area contributed by atoms with E-state index in [1.54, 1.807) is 0 Å². The van der Waals surface area contributed by atoms with Crippen molar-refractivity contribution in [1.82, 2.24) is 0 Å². The second kappa shape index (κ2) is 10.4. The quantitative estimate of drug-likeness (QED) is 0.199. The Bertz CT molecular complexity index is 1220. The standard InChI is InChI=1S/C25H32F2O13S/c1-10(25(26,27)41(32,33)34)36-16(28)8-35-9-17(29)38-20-13-7-12-18(22(30)39-21(12)20)19(13)23(31)40-24(2,3)14-6-11-4-5-15(14)37-11/h10-15,18-21H,4-9H2,1-3H3,(H,32,33,34). The molecule has 5 fully saturated rings. The number of carbonyl (C=O) groups excluding carboxylic acids is 4. The van der Waals surface area contributed by atoms with Crippen LogP contribution in [0.3, 0.4) is 0 Å². The molecule has 2 saturated carbocycles. The van der Waals surface area contributed by atoms with Gasteiger partial charge in [0.05, 0.1) is 24.0 Å². The summed E-state index contributed by atoms with van der Waals surface area (Å²) in [7, 11) is -5.83. The van der Waals surface area contributed by atoms with Gasteiger partial charge in [-0.3, -0.25) is 14.1 Å². The number of esters is 4. The maximum absolute atomic E-state index is 13.5. The van der Waals surface area contributed by atoms with Crippen LogP contribution in [0.1, 0.15) is 46.5 Å². The van der Waals surface area contributed by atoms with Crippen molar-refractivity contribution in [3.05, 3.63) is 0 Å². The third kappa shape index (κ3) is 5.31. The highest BCUT2D eigenvalue weighted by molar-refractivity contribution is 7.86. The minimum Gasteiger partial charge on any atom is -0.459 e. The molecule has 2 aliphatic carbocycles. The Morgan fingerprint density at radius 1 is 1.10 bits per heavy atom. The van der Waals surface area contributed by atoms with Crippen LogP contribution in [-0.2, 0) is 57.7 Å². The first-order valence-corrected chi connectivity index (χ1v) is 14.9. The van der Waals surface area contributed by atoms with Crippen LogP contribution in [-0.4, -0.2) is 91.4 Å². The summed E-state index contributed by atoms with van der Waals surface area (Å²) in [5.41, 5.74) is -0.835. The predicted molar refractivity (Wildman–Crippen MR) is 127 cm³/mol. The van der Waals surface area contributed by atoms with Crippen LogP contribution in [0.4, 0.5) is 8.78 Å². The molecule has 3 heterocycles. The number of carbonyl (C=O) groups is 4. The summed E-state index contributed by atoms with van der Waals surface area (Å²) in [6.45, 7) is 2.39. The summed E-state index contributed by atoms with van der Waals surface area (Å²) in [4.78, 5) is 50.3. The van der Waals surface area contributed by atoms with Gasteiger partial charge in [-0.1, -0.05) is 0 Å². The molecule has 5 aliphatic rings. The van der Waals surface area contributed by atoms with E-state index < -0.39 is 94.1 Å². The number of hydrogen-bond donors (Lipinski definition) is 1. The minimum absolute atomic E-state index is 0.0112. The molecule has 0 aromatic carbocycles. The molecule has 0 aromatic rings. The Kier molecular flexibility index (Phi) is 7.61. The molecule has 13 nitrogen and oxygen atoms in total. The van der Waals surface area contributed by atoms with Gasteiger partial charge in [0.2, 0.25) is 0 Å². The van der Waals surface area contributed by atoms with Gasteiger partial charge in [0.15, 0.2) is 6.10 Å². The van der Waals surface area contributed by atoms with E-state index in [9.17, 15) is 36.4 Å². The highest BCUT2D eigenvalue weighted by Crippen LogP contribution is 2.59. The normalized spacial score (nSPS) is 36.2. The smallest absolute Gasteiger partial charge is 0.405 e. The molecule has 230 valence electrons. The lowest BCUT2D eigenvalue weighted by atomic mass is 9.77. The van der Waals surface area contributed by atoms with Gasteiger partial charge in [0.25, 0.3) is 0 Å². The Morgan fingerprint density at radius 2 is 1.78 bits per heavy atom. The minimum atomic E-state index is -5.83. The molecule has 0 radical (unpaired) electrons. The number of rotatable bonds is 11. The van der Waals surface area contributed by atoms with Crippen LogP contribution in [0.25, 0.3) is 0 Å². The first-order valence-electron chi connectivity index (χ1n) is 13.4. The second-order valence-electron chi connectivity index (χ2n) is 11.9. The highest BCUT2D eigenvalue weighted by Gasteiger charge is 2.70. The van der Waals surface area contributed by atoms with E-state index in [1.807, 2.05) is 13.8 Å². The first kappa shape index (κ1) is 30.0. The number of fused-ring (bicyclic) bond motifs is 3. The summed E-state index contributed by atoms with van der Waals surface area (Å²) in [5.74, 6) is -5.95. The average Bonchev–Trinajstić information content (AvgIpc) is 3.66. The van der Waals surface area contributed by atoms with E-state index in [2.05, 4.69) is 4.74 Å². The molecule has 0 amide bonds. The lowest BCUT2D eigenvalue weighted by Gasteiger charge is -2.37. The zero-order valence-electron chi connectivity index (χ0n) is 22.5. The second-order valence-corrected chi connectivity index (χ2v) is 13.4. The van der Waals surface area contributed by atoms with Crippen molar-refractivity contribution >= 4 is 34.0 Å². The monoisotopic (exact) mass is 610 g/mol. The Hall–Kier alpha value is -2.43. The Labute approximate surface area is 234 Å². The number of alkyl halides is 2. The van der Waals surface area contributed by atoms with Crippen LogP contribution in [0, 0.1) is 29.6 Å². The van der Waals surface area contributed by atoms with Crippen molar-refractivity contribution in [3.8, 4) is 0 Å². The van der Waals surface area contributed by atoms with Crippen LogP contribution in [0.2, 0.25) is 0 Å². The summed E-state index contributed by atoms with van der Waals surface area (Å²) in [5, 5.41) is -4.75. The molecule has 10 atom stereocenters. The van der Waals surface area contributed by atoms with E-state index in [0.29, 0.717) is 13.3 Å². The van der Waals surface area contributed by atoms with Crippen molar-refractivity contribution < 1.29 is 69.4 Å². The fraction of sp³-hybridized carbons (Fsp3) is 0.840. The van der Waals surface area contributed by atoms with Crippen LogP contribution in [0.5, 0.6) is 0 Å². The van der Waals surface area contributed by atoms with Crippen molar-refractivity contribution in [1.29, 1.82) is 0 Å². The van der Waals surface area contributed by atoms with E-state index >= 15 is 0 Å². The van der Waals surface area contributed by atoms with Crippen LogP contribution < -0.4 is 0 Å². The van der Waals surface area contributed by atoms with Gasteiger partial charge in [-0.25, -0.2) is 9.59 Å². The SMILES string of the molecule is CC(OC(=O)COCC(=O)OC1C2CC3C1OC(=O)C3C2C(=O)OC(C)(C)C1CC2CCC1O2)C(F)(F)S(=O)(=O)O. The molecule has 0 aromatic heterocycles. The lowest BCUT2D eigenvalue weighted by molar-refractivity contribution is -0.180. The third-order valence-electron chi connectivity index (χ3n) is 9.01. The van der Waals surface area contributed by atoms with Crippen LogP contribution >= 0.6 is 0 Å². The van der Waals surface area contributed by atoms with E-state index in [-0.39, 0.29) is 24.0 Å². The zero-order chi connectivity index (χ0) is 30.1. The van der Waals surface area contributed by atoms with Crippen LogP contribution in [0.15, 0.2) is 0 Å². The van der Waals surface area contributed by atoms with E-state index in [1.165, 1.54) is 0 Å². The Balaban J connectivity index is 1.15. The summed E-state index contributed by atoms with van der Waals surface area (Å²) in [6.07, 6.45) is -0.992. The number of halogens is 2. The predicted octanol–water partition coefficient (Wildman–Crippen LogP) is 1.02. The number of ether oxygens (including phenoxy) is 6. The molecule has 3 saturated heterocycles. The van der Waals surface area contributed by atoms with E-state index in [4.69, 9.17) is 28.2 Å². The molecular formula is C25H32F2O13S. The molecule has 1 N–H and O–H groups in total. The fourth-order valence-electron chi connectivity index (χ4n) is 7.15. The van der Waals surface area contributed by atoms with Gasteiger partial charge in [0, 0.05) is 17.8 Å². The fourth-order valence-corrected chi connectivity index (χ4v) is 7.62. The molecular weight excluding hydrogens is 578 g/mol. The number of hydrogen-bond acceptors (Lipinski definition) is 12. The molecule has 0 spiro atoms.